The maximum atomic E-state index is 10.2. The van der Waals surface area contributed by atoms with E-state index in [1.807, 2.05) is 30.3 Å². The van der Waals surface area contributed by atoms with Gasteiger partial charge in [0.25, 0.3) is 0 Å². The van der Waals surface area contributed by atoms with Crippen molar-refractivity contribution in [3.8, 4) is 0 Å². The minimum atomic E-state index is -0.464. The van der Waals surface area contributed by atoms with E-state index >= 15 is 0 Å². The van der Waals surface area contributed by atoms with Crippen molar-refractivity contribution in [3.05, 3.63) is 58.3 Å². The van der Waals surface area contributed by atoms with Crippen LogP contribution in [0.15, 0.2) is 52.8 Å². The molecule has 0 spiro atoms. The van der Waals surface area contributed by atoms with Gasteiger partial charge >= 0.3 is 0 Å². The summed E-state index contributed by atoms with van der Waals surface area (Å²) < 4.78 is 0. The molecule has 2 aromatic rings. The van der Waals surface area contributed by atoms with Gasteiger partial charge < -0.3 is 15.7 Å². The van der Waals surface area contributed by atoms with Crippen molar-refractivity contribution in [1.29, 1.82) is 0 Å². The summed E-state index contributed by atoms with van der Waals surface area (Å²) in [6, 6.07) is 13.9. The predicted octanol–water partition coefficient (Wildman–Crippen LogP) is 2.97. The zero-order valence-corrected chi connectivity index (χ0v) is 14.4. The van der Waals surface area contributed by atoms with E-state index in [-0.39, 0.29) is 0 Å². The Morgan fingerprint density at radius 1 is 1.17 bits per heavy atom. The van der Waals surface area contributed by atoms with Gasteiger partial charge in [0, 0.05) is 24.5 Å². The maximum absolute atomic E-state index is 10.2. The lowest BCUT2D eigenvalue weighted by Gasteiger charge is -2.12. The molecule has 1 unspecified atom stereocenters. The van der Waals surface area contributed by atoms with E-state index in [2.05, 4.69) is 40.1 Å². The molecule has 0 amide bonds. The first kappa shape index (κ1) is 17.5. The van der Waals surface area contributed by atoms with E-state index in [9.17, 15) is 5.11 Å². The number of thiophene rings is 1. The number of hydrogen-bond donors (Lipinski definition) is 3. The molecule has 0 aliphatic carbocycles. The topological polar surface area (TPSA) is 56.7 Å². The summed E-state index contributed by atoms with van der Waals surface area (Å²) >= 11 is 1.77. The van der Waals surface area contributed by atoms with Crippen LogP contribution in [0.1, 0.15) is 29.9 Å². The highest BCUT2D eigenvalue weighted by molar-refractivity contribution is 7.09. The lowest BCUT2D eigenvalue weighted by molar-refractivity contribution is 0.170. The number of guanidine groups is 1. The van der Waals surface area contributed by atoms with Crippen molar-refractivity contribution in [2.45, 2.75) is 25.9 Å². The van der Waals surface area contributed by atoms with Crippen LogP contribution in [0, 0.1) is 0 Å². The second-order valence-electron chi connectivity index (χ2n) is 5.23. The molecule has 3 N–H and O–H groups in total. The molecule has 1 aromatic carbocycles. The molecule has 0 radical (unpaired) electrons. The van der Waals surface area contributed by atoms with Gasteiger partial charge in [0.2, 0.25) is 0 Å². The average Bonchev–Trinajstić information content (AvgIpc) is 3.09. The average molecular weight is 331 g/mol. The van der Waals surface area contributed by atoms with E-state index in [0.717, 1.165) is 31.0 Å². The lowest BCUT2D eigenvalue weighted by atomic mass is 10.1. The summed E-state index contributed by atoms with van der Waals surface area (Å²) in [5.41, 5.74) is 0.943. The maximum Gasteiger partial charge on any atom is 0.191 e. The van der Waals surface area contributed by atoms with Crippen LogP contribution < -0.4 is 10.6 Å². The number of hydrogen-bond acceptors (Lipinski definition) is 3. The highest BCUT2D eigenvalue weighted by Gasteiger charge is 2.06. The molecule has 0 saturated carbocycles. The molecule has 124 valence electrons. The number of rotatable bonds is 8. The monoisotopic (exact) mass is 331 g/mol. The number of nitrogens with zero attached hydrogens (tertiary/aromatic N) is 1. The van der Waals surface area contributed by atoms with Crippen molar-refractivity contribution < 1.29 is 5.11 Å². The van der Waals surface area contributed by atoms with Gasteiger partial charge in [-0.05, 0) is 36.8 Å². The van der Waals surface area contributed by atoms with Crippen molar-refractivity contribution in [2.24, 2.45) is 4.99 Å². The first-order valence-electron chi connectivity index (χ1n) is 8.07. The normalized spacial score (nSPS) is 12.9. The number of aliphatic hydroxyl groups is 1. The molecule has 0 saturated heterocycles. The Morgan fingerprint density at radius 2 is 2.00 bits per heavy atom. The Kier molecular flexibility index (Phi) is 7.63. The fourth-order valence-electron chi connectivity index (χ4n) is 2.24. The van der Waals surface area contributed by atoms with Gasteiger partial charge in [-0.25, -0.2) is 0 Å². The van der Waals surface area contributed by atoms with Crippen LogP contribution in [0.2, 0.25) is 0 Å². The smallest absolute Gasteiger partial charge is 0.191 e. The van der Waals surface area contributed by atoms with Crippen LogP contribution in [0.3, 0.4) is 0 Å². The minimum absolute atomic E-state index is 0.464. The first-order chi connectivity index (χ1) is 11.3. The second kappa shape index (κ2) is 10.0. The molecule has 1 atom stereocenters. The van der Waals surface area contributed by atoms with E-state index < -0.39 is 6.10 Å². The van der Waals surface area contributed by atoms with Gasteiger partial charge in [-0.15, -0.1) is 11.3 Å². The molecule has 1 heterocycles. The standard InChI is InChI=1S/C18H25N3OS/c1-2-19-18(20-12-10-16-9-6-14-23-16)21-13-11-17(22)15-7-4-3-5-8-15/h3-9,14,17,22H,2,10-13H2,1H3,(H2,19,20,21). The van der Waals surface area contributed by atoms with Gasteiger partial charge in [0.05, 0.1) is 6.10 Å². The van der Waals surface area contributed by atoms with Crippen LogP contribution in [-0.2, 0) is 6.42 Å². The van der Waals surface area contributed by atoms with Crippen LogP contribution in [0.5, 0.6) is 0 Å². The third-order valence-corrected chi connectivity index (χ3v) is 4.38. The summed E-state index contributed by atoms with van der Waals surface area (Å²) in [7, 11) is 0. The quantitative estimate of drug-likeness (QED) is 0.515. The molecule has 0 aliphatic heterocycles. The fourth-order valence-corrected chi connectivity index (χ4v) is 2.95. The number of benzene rings is 1. The van der Waals surface area contributed by atoms with Crippen molar-refractivity contribution in [2.75, 3.05) is 19.6 Å². The zero-order chi connectivity index (χ0) is 16.3. The summed E-state index contributed by atoms with van der Waals surface area (Å²) in [5.74, 6) is 0.810. The van der Waals surface area contributed by atoms with E-state index in [1.165, 1.54) is 4.88 Å². The summed E-state index contributed by atoms with van der Waals surface area (Å²) in [4.78, 5) is 5.90. The molecule has 0 aliphatic rings. The number of nitrogens with one attached hydrogen (secondary N) is 2. The molecule has 0 fully saturated rings. The Morgan fingerprint density at radius 3 is 2.70 bits per heavy atom. The van der Waals surface area contributed by atoms with Crippen LogP contribution in [0.25, 0.3) is 0 Å². The highest BCUT2D eigenvalue weighted by atomic mass is 32.1. The highest BCUT2D eigenvalue weighted by Crippen LogP contribution is 2.15. The molecular formula is C18H25N3OS. The molecule has 2 rings (SSSR count). The third kappa shape index (κ3) is 6.42. The van der Waals surface area contributed by atoms with Gasteiger partial charge in [-0.3, -0.25) is 4.99 Å². The van der Waals surface area contributed by atoms with Crippen LogP contribution in [0.4, 0.5) is 0 Å². The minimum Gasteiger partial charge on any atom is -0.388 e. The van der Waals surface area contributed by atoms with Crippen molar-refractivity contribution in [3.63, 3.8) is 0 Å². The summed E-state index contributed by atoms with van der Waals surface area (Å²) in [6.45, 7) is 4.32. The lowest BCUT2D eigenvalue weighted by Crippen LogP contribution is -2.38. The van der Waals surface area contributed by atoms with Gasteiger partial charge in [-0.1, -0.05) is 36.4 Å². The summed E-state index contributed by atoms with van der Waals surface area (Å²) in [6.07, 6.45) is 1.15. The third-order valence-electron chi connectivity index (χ3n) is 3.44. The predicted molar refractivity (Wildman–Crippen MR) is 98.0 cm³/mol. The van der Waals surface area contributed by atoms with E-state index in [0.29, 0.717) is 13.0 Å². The molecule has 5 heteroatoms. The Balaban J connectivity index is 1.76. The van der Waals surface area contributed by atoms with Crippen molar-refractivity contribution >= 4 is 17.3 Å². The number of aliphatic hydroxyl groups excluding tert-OH is 1. The van der Waals surface area contributed by atoms with Gasteiger partial charge in [-0.2, -0.15) is 0 Å². The zero-order valence-electron chi connectivity index (χ0n) is 13.5. The molecule has 23 heavy (non-hydrogen) atoms. The van der Waals surface area contributed by atoms with Crippen LogP contribution >= 0.6 is 11.3 Å². The number of aliphatic imine (C=N–C) groups is 1. The Hall–Kier alpha value is -1.85. The van der Waals surface area contributed by atoms with E-state index in [4.69, 9.17) is 0 Å². The summed E-state index contributed by atoms with van der Waals surface area (Å²) in [5, 5.41) is 18.8. The Bertz CT molecular complexity index is 569. The molecule has 0 bridgehead atoms. The van der Waals surface area contributed by atoms with Gasteiger partial charge in [0.15, 0.2) is 5.96 Å². The van der Waals surface area contributed by atoms with Crippen molar-refractivity contribution in [1.82, 2.24) is 10.6 Å². The molecular weight excluding hydrogens is 306 g/mol. The first-order valence-corrected chi connectivity index (χ1v) is 8.95. The fraction of sp³-hybridized carbons (Fsp3) is 0.389. The van der Waals surface area contributed by atoms with Gasteiger partial charge in [0.1, 0.15) is 0 Å². The van der Waals surface area contributed by atoms with E-state index in [1.54, 1.807) is 11.3 Å². The second-order valence-corrected chi connectivity index (χ2v) is 6.26. The Labute approximate surface area is 142 Å². The largest absolute Gasteiger partial charge is 0.388 e. The molecule has 1 aromatic heterocycles. The SMILES string of the molecule is CCNC(=NCCC(O)c1ccccc1)NCCc1cccs1. The van der Waals surface area contributed by atoms with Crippen LogP contribution in [-0.4, -0.2) is 30.7 Å². The molecule has 4 nitrogen and oxygen atoms in total.